The summed E-state index contributed by atoms with van der Waals surface area (Å²) < 4.78 is 7.35. The van der Waals surface area contributed by atoms with Crippen LogP contribution in [0.3, 0.4) is 0 Å². The summed E-state index contributed by atoms with van der Waals surface area (Å²) in [7, 11) is 1.64. The van der Waals surface area contributed by atoms with E-state index in [0.717, 1.165) is 23.6 Å². The van der Waals surface area contributed by atoms with Gasteiger partial charge in [0.15, 0.2) is 0 Å². The topological polar surface area (TPSA) is 59.4 Å². The third-order valence-electron chi connectivity index (χ3n) is 6.43. The minimum atomic E-state index is -0.0247. The van der Waals surface area contributed by atoms with Crippen molar-refractivity contribution in [2.75, 3.05) is 26.7 Å². The standard InChI is InChI=1S/C23H32N4O2/c1-16-13-17(2)27(25-16)21-14-18(9-10-22(21)29-3)23(28)24-15-19-7-6-12-26-11-5-4-8-20(19)26/h9-10,13-14,19-20H,4-8,11-12,15H2,1-3H3,(H,24,28)/t19-,20+/m1/s1. The number of aromatic nitrogens is 2. The summed E-state index contributed by atoms with van der Waals surface area (Å²) in [4.78, 5) is 15.6. The number of hydrogen-bond acceptors (Lipinski definition) is 4. The fourth-order valence-corrected chi connectivity index (χ4v) is 5.01. The molecule has 0 spiro atoms. The zero-order chi connectivity index (χ0) is 20.4. The number of amides is 1. The highest BCUT2D eigenvalue weighted by atomic mass is 16.5. The van der Waals surface area contributed by atoms with Crippen molar-refractivity contribution < 1.29 is 9.53 Å². The van der Waals surface area contributed by atoms with E-state index in [-0.39, 0.29) is 5.91 Å². The summed E-state index contributed by atoms with van der Waals surface area (Å²) in [5.74, 6) is 1.24. The second kappa shape index (κ2) is 8.57. The molecule has 6 heteroatoms. The summed E-state index contributed by atoms with van der Waals surface area (Å²) in [6.07, 6.45) is 6.35. The SMILES string of the molecule is COc1ccc(C(=O)NC[C@H]2CCCN3CCCC[C@@H]23)cc1-n1nc(C)cc1C. The van der Waals surface area contributed by atoms with Crippen LogP contribution in [0.5, 0.6) is 5.75 Å². The molecule has 2 fully saturated rings. The number of carbonyl (C=O) groups is 1. The molecule has 0 aliphatic carbocycles. The van der Waals surface area contributed by atoms with Crippen molar-refractivity contribution in [3.8, 4) is 11.4 Å². The molecule has 2 atom stereocenters. The van der Waals surface area contributed by atoms with E-state index >= 15 is 0 Å². The van der Waals surface area contributed by atoms with Crippen LogP contribution in [0.2, 0.25) is 0 Å². The van der Waals surface area contributed by atoms with E-state index in [1.807, 2.05) is 42.8 Å². The fraction of sp³-hybridized carbons (Fsp3) is 0.565. The maximum atomic E-state index is 12.9. The summed E-state index contributed by atoms with van der Waals surface area (Å²) in [5.41, 5.74) is 3.39. The minimum Gasteiger partial charge on any atom is -0.494 e. The number of ether oxygens (including phenoxy) is 1. The van der Waals surface area contributed by atoms with Gasteiger partial charge in [0.05, 0.1) is 12.8 Å². The monoisotopic (exact) mass is 396 g/mol. The van der Waals surface area contributed by atoms with Gasteiger partial charge in [0, 0.05) is 23.8 Å². The number of fused-ring (bicyclic) bond motifs is 1. The van der Waals surface area contributed by atoms with Crippen molar-refractivity contribution in [3.05, 3.63) is 41.2 Å². The molecule has 0 unspecified atom stereocenters. The van der Waals surface area contributed by atoms with Gasteiger partial charge in [-0.05, 0) is 82.8 Å². The lowest BCUT2D eigenvalue weighted by Gasteiger charge is -2.44. The first-order chi connectivity index (χ1) is 14.1. The van der Waals surface area contributed by atoms with Gasteiger partial charge < -0.3 is 15.0 Å². The highest BCUT2D eigenvalue weighted by molar-refractivity contribution is 5.95. The van der Waals surface area contributed by atoms with E-state index in [1.165, 1.54) is 45.2 Å². The first-order valence-corrected chi connectivity index (χ1v) is 10.8. The third kappa shape index (κ3) is 4.17. The quantitative estimate of drug-likeness (QED) is 0.840. The Bertz CT molecular complexity index is 874. The zero-order valence-electron chi connectivity index (χ0n) is 17.8. The molecule has 1 aromatic heterocycles. The predicted molar refractivity (Wildman–Crippen MR) is 114 cm³/mol. The van der Waals surface area contributed by atoms with Gasteiger partial charge in [0.25, 0.3) is 5.91 Å². The number of rotatable bonds is 5. The second-order valence-electron chi connectivity index (χ2n) is 8.44. The number of aryl methyl sites for hydroxylation is 2. The lowest BCUT2D eigenvalue weighted by Crippen LogP contribution is -2.51. The summed E-state index contributed by atoms with van der Waals surface area (Å²) >= 11 is 0. The van der Waals surface area contributed by atoms with Crippen LogP contribution in [0.1, 0.15) is 53.8 Å². The van der Waals surface area contributed by atoms with Crippen molar-refractivity contribution >= 4 is 5.91 Å². The van der Waals surface area contributed by atoms with Gasteiger partial charge in [0.1, 0.15) is 11.4 Å². The van der Waals surface area contributed by atoms with Crippen molar-refractivity contribution in [3.63, 3.8) is 0 Å². The minimum absolute atomic E-state index is 0.0247. The van der Waals surface area contributed by atoms with Gasteiger partial charge in [-0.3, -0.25) is 4.79 Å². The predicted octanol–water partition coefficient (Wildman–Crippen LogP) is 3.49. The molecule has 4 rings (SSSR count). The molecule has 1 N–H and O–H groups in total. The van der Waals surface area contributed by atoms with Gasteiger partial charge in [-0.2, -0.15) is 5.10 Å². The molecule has 1 amide bonds. The van der Waals surface area contributed by atoms with Gasteiger partial charge in [-0.15, -0.1) is 0 Å². The zero-order valence-corrected chi connectivity index (χ0v) is 17.8. The Hall–Kier alpha value is -2.34. The first kappa shape index (κ1) is 20.0. The molecule has 29 heavy (non-hydrogen) atoms. The van der Waals surface area contributed by atoms with Gasteiger partial charge in [0.2, 0.25) is 0 Å². The second-order valence-corrected chi connectivity index (χ2v) is 8.44. The Morgan fingerprint density at radius 1 is 1.17 bits per heavy atom. The van der Waals surface area contributed by atoms with Crippen LogP contribution >= 0.6 is 0 Å². The molecule has 0 saturated carbocycles. The van der Waals surface area contributed by atoms with E-state index < -0.39 is 0 Å². The maximum absolute atomic E-state index is 12.9. The molecule has 2 aliphatic heterocycles. The van der Waals surface area contributed by atoms with E-state index in [4.69, 9.17) is 4.74 Å². The van der Waals surface area contributed by atoms with E-state index in [1.54, 1.807) is 7.11 Å². The molecule has 2 aliphatic rings. The van der Waals surface area contributed by atoms with Gasteiger partial charge in [-0.1, -0.05) is 6.42 Å². The van der Waals surface area contributed by atoms with E-state index in [9.17, 15) is 4.79 Å². The van der Waals surface area contributed by atoms with Crippen LogP contribution in [0.25, 0.3) is 5.69 Å². The number of nitrogens with zero attached hydrogens (tertiary/aromatic N) is 3. The van der Waals surface area contributed by atoms with Crippen LogP contribution < -0.4 is 10.1 Å². The first-order valence-electron chi connectivity index (χ1n) is 10.8. The molecule has 2 saturated heterocycles. The summed E-state index contributed by atoms with van der Waals surface area (Å²) in [6.45, 7) is 7.16. The van der Waals surface area contributed by atoms with Crippen LogP contribution in [-0.2, 0) is 0 Å². The van der Waals surface area contributed by atoms with E-state index in [0.29, 0.717) is 23.3 Å². The van der Waals surface area contributed by atoms with Crippen molar-refractivity contribution in [2.24, 2.45) is 5.92 Å². The number of piperidine rings is 2. The largest absolute Gasteiger partial charge is 0.494 e. The van der Waals surface area contributed by atoms with Crippen LogP contribution in [0, 0.1) is 19.8 Å². The molecule has 6 nitrogen and oxygen atoms in total. The van der Waals surface area contributed by atoms with Crippen LogP contribution in [0.4, 0.5) is 0 Å². The molecular formula is C23H32N4O2. The van der Waals surface area contributed by atoms with E-state index in [2.05, 4.69) is 15.3 Å². The molecule has 156 valence electrons. The maximum Gasteiger partial charge on any atom is 0.251 e. The van der Waals surface area contributed by atoms with Crippen molar-refractivity contribution in [1.29, 1.82) is 0 Å². The number of benzene rings is 1. The Kier molecular flexibility index (Phi) is 5.90. The number of carbonyl (C=O) groups excluding carboxylic acids is 1. The summed E-state index contributed by atoms with van der Waals surface area (Å²) in [5, 5.41) is 7.76. The number of nitrogens with one attached hydrogen (secondary N) is 1. The number of methoxy groups -OCH3 is 1. The molecule has 0 radical (unpaired) electrons. The Labute approximate surface area is 173 Å². The number of hydrogen-bond donors (Lipinski definition) is 1. The lowest BCUT2D eigenvalue weighted by atomic mass is 9.83. The Morgan fingerprint density at radius 2 is 2.00 bits per heavy atom. The van der Waals surface area contributed by atoms with Gasteiger partial charge >= 0.3 is 0 Å². The molecule has 0 bridgehead atoms. The highest BCUT2D eigenvalue weighted by Crippen LogP contribution is 2.30. The van der Waals surface area contributed by atoms with Gasteiger partial charge in [-0.25, -0.2) is 4.68 Å². The fourth-order valence-electron chi connectivity index (χ4n) is 5.01. The molecular weight excluding hydrogens is 364 g/mol. The Balaban J connectivity index is 1.49. The molecule has 2 aromatic rings. The summed E-state index contributed by atoms with van der Waals surface area (Å²) in [6, 6.07) is 8.22. The Morgan fingerprint density at radius 3 is 2.76 bits per heavy atom. The lowest BCUT2D eigenvalue weighted by molar-refractivity contribution is 0.0575. The van der Waals surface area contributed by atoms with Crippen LogP contribution in [0.15, 0.2) is 24.3 Å². The normalized spacial score (nSPS) is 22.2. The average Bonchev–Trinajstić information content (AvgIpc) is 3.09. The molecule has 3 heterocycles. The van der Waals surface area contributed by atoms with Crippen molar-refractivity contribution in [2.45, 2.75) is 52.0 Å². The average molecular weight is 397 g/mol. The smallest absolute Gasteiger partial charge is 0.251 e. The molecule has 1 aromatic carbocycles. The van der Waals surface area contributed by atoms with Crippen LogP contribution in [-0.4, -0.2) is 53.4 Å². The van der Waals surface area contributed by atoms with Crippen molar-refractivity contribution in [1.82, 2.24) is 20.0 Å². The third-order valence-corrected chi connectivity index (χ3v) is 6.43. The highest BCUT2D eigenvalue weighted by Gasteiger charge is 2.33.